The summed E-state index contributed by atoms with van der Waals surface area (Å²) >= 11 is 4.44. The number of unbranched alkanes of at least 4 members (excludes halogenated alkanes) is 1. The van der Waals surface area contributed by atoms with E-state index in [2.05, 4.69) is 12.6 Å². The van der Waals surface area contributed by atoms with Crippen LogP contribution >= 0.6 is 12.6 Å². The van der Waals surface area contributed by atoms with E-state index in [1.165, 1.54) is 4.90 Å². The maximum atomic E-state index is 14.0. The first-order valence-electron chi connectivity index (χ1n) is 9.29. The SMILES string of the molecule is CCCCOC(=O)N1CC(S)CC1CN(CC(=O)O)Cc1cc(F)ccc1F. The fraction of sp³-hybridized carbons (Fsp3) is 0.579. The number of carboxylic acid groups (broad SMARTS) is 1. The minimum atomic E-state index is -1.09. The molecule has 1 aliphatic heterocycles. The second kappa shape index (κ2) is 10.6. The molecule has 0 bridgehead atoms. The summed E-state index contributed by atoms with van der Waals surface area (Å²) in [5, 5.41) is 9.15. The van der Waals surface area contributed by atoms with Crippen molar-refractivity contribution in [1.82, 2.24) is 9.80 Å². The van der Waals surface area contributed by atoms with Crippen molar-refractivity contribution in [3.63, 3.8) is 0 Å². The average Bonchev–Trinajstić information content (AvgIpc) is 2.98. The molecule has 1 N–H and O–H groups in total. The number of halogens is 2. The summed E-state index contributed by atoms with van der Waals surface area (Å²) < 4.78 is 32.7. The highest BCUT2D eigenvalue weighted by Gasteiger charge is 2.36. The van der Waals surface area contributed by atoms with Crippen LogP contribution in [0, 0.1) is 11.6 Å². The number of benzene rings is 1. The lowest BCUT2D eigenvalue weighted by Crippen LogP contribution is -2.44. The Morgan fingerprint density at radius 1 is 1.39 bits per heavy atom. The summed E-state index contributed by atoms with van der Waals surface area (Å²) in [6.07, 6.45) is 1.77. The van der Waals surface area contributed by atoms with Gasteiger partial charge in [0.15, 0.2) is 0 Å². The van der Waals surface area contributed by atoms with Crippen LogP contribution in [-0.2, 0) is 16.1 Å². The van der Waals surface area contributed by atoms with Crippen LogP contribution in [0.5, 0.6) is 0 Å². The number of aliphatic carboxylic acids is 1. The molecule has 2 unspecified atom stereocenters. The van der Waals surface area contributed by atoms with E-state index in [1.807, 2.05) is 6.92 Å². The highest BCUT2D eigenvalue weighted by Crippen LogP contribution is 2.24. The van der Waals surface area contributed by atoms with Gasteiger partial charge in [0.2, 0.25) is 0 Å². The molecule has 1 heterocycles. The Hall–Kier alpha value is -1.87. The van der Waals surface area contributed by atoms with Gasteiger partial charge in [0.1, 0.15) is 11.6 Å². The molecule has 0 saturated carbocycles. The molecular weight excluding hydrogens is 390 g/mol. The van der Waals surface area contributed by atoms with Crippen LogP contribution in [0.1, 0.15) is 31.7 Å². The van der Waals surface area contributed by atoms with Crippen LogP contribution in [-0.4, -0.2) is 64.5 Å². The van der Waals surface area contributed by atoms with Crippen LogP contribution in [0.3, 0.4) is 0 Å². The van der Waals surface area contributed by atoms with Gasteiger partial charge in [-0.25, -0.2) is 13.6 Å². The van der Waals surface area contributed by atoms with E-state index in [4.69, 9.17) is 4.74 Å². The second-order valence-corrected chi connectivity index (χ2v) is 7.69. The monoisotopic (exact) mass is 416 g/mol. The van der Waals surface area contributed by atoms with Crippen molar-refractivity contribution >= 4 is 24.7 Å². The Labute approximate surface area is 168 Å². The molecule has 28 heavy (non-hydrogen) atoms. The van der Waals surface area contributed by atoms with Crippen LogP contribution < -0.4 is 0 Å². The number of carbonyl (C=O) groups excluding carboxylic acids is 1. The first kappa shape index (κ1) is 22.4. The number of hydrogen-bond acceptors (Lipinski definition) is 5. The molecule has 0 aromatic heterocycles. The number of likely N-dealkylation sites (tertiary alicyclic amines) is 1. The number of nitrogens with zero attached hydrogens (tertiary/aromatic N) is 2. The maximum Gasteiger partial charge on any atom is 0.410 e. The molecule has 0 aliphatic carbocycles. The summed E-state index contributed by atoms with van der Waals surface area (Å²) in [6.45, 7) is 2.47. The number of rotatable bonds is 9. The van der Waals surface area contributed by atoms with Gasteiger partial charge in [-0.2, -0.15) is 12.6 Å². The minimum Gasteiger partial charge on any atom is -0.480 e. The summed E-state index contributed by atoms with van der Waals surface area (Å²) in [7, 11) is 0. The highest BCUT2D eigenvalue weighted by atomic mass is 32.1. The molecule has 9 heteroatoms. The molecular formula is C19H26F2N2O4S. The van der Waals surface area contributed by atoms with Gasteiger partial charge >= 0.3 is 12.1 Å². The fourth-order valence-corrected chi connectivity index (χ4v) is 3.67. The summed E-state index contributed by atoms with van der Waals surface area (Å²) in [4.78, 5) is 26.6. The van der Waals surface area contributed by atoms with Crippen molar-refractivity contribution in [3.05, 3.63) is 35.4 Å². The van der Waals surface area contributed by atoms with Crippen molar-refractivity contribution in [2.24, 2.45) is 0 Å². The zero-order valence-electron chi connectivity index (χ0n) is 15.8. The van der Waals surface area contributed by atoms with E-state index in [1.54, 1.807) is 4.90 Å². The maximum absolute atomic E-state index is 14.0. The Kier molecular flexibility index (Phi) is 8.50. The Balaban J connectivity index is 2.09. The van der Waals surface area contributed by atoms with Crippen molar-refractivity contribution < 1.29 is 28.2 Å². The number of ether oxygens (including phenoxy) is 1. The topological polar surface area (TPSA) is 70.1 Å². The molecule has 6 nitrogen and oxygen atoms in total. The molecule has 1 fully saturated rings. The quantitative estimate of drug-likeness (QED) is 0.478. The molecule has 1 aromatic carbocycles. The molecule has 1 saturated heterocycles. The molecule has 1 aromatic rings. The van der Waals surface area contributed by atoms with E-state index in [0.717, 1.165) is 31.0 Å². The van der Waals surface area contributed by atoms with E-state index in [-0.39, 0.29) is 36.5 Å². The summed E-state index contributed by atoms with van der Waals surface area (Å²) in [5.41, 5.74) is 0.0683. The van der Waals surface area contributed by atoms with Gasteiger partial charge in [-0.1, -0.05) is 13.3 Å². The third kappa shape index (κ3) is 6.63. The molecule has 2 rings (SSSR count). The smallest absolute Gasteiger partial charge is 0.410 e. The van der Waals surface area contributed by atoms with Crippen molar-refractivity contribution in [3.8, 4) is 0 Å². The van der Waals surface area contributed by atoms with Crippen molar-refractivity contribution in [2.75, 3.05) is 26.2 Å². The zero-order valence-corrected chi connectivity index (χ0v) is 16.7. The Morgan fingerprint density at radius 2 is 2.14 bits per heavy atom. The van der Waals surface area contributed by atoms with E-state index < -0.39 is 23.7 Å². The predicted molar refractivity (Wildman–Crippen MR) is 103 cm³/mol. The minimum absolute atomic E-state index is 0.0543. The van der Waals surface area contributed by atoms with Gasteiger partial charge < -0.3 is 14.7 Å². The number of amides is 1. The lowest BCUT2D eigenvalue weighted by atomic mass is 10.1. The van der Waals surface area contributed by atoms with Gasteiger partial charge in [-0.15, -0.1) is 0 Å². The van der Waals surface area contributed by atoms with E-state index >= 15 is 0 Å². The summed E-state index contributed by atoms with van der Waals surface area (Å²) in [5.74, 6) is -2.29. The van der Waals surface area contributed by atoms with Crippen molar-refractivity contribution in [2.45, 2.75) is 44.0 Å². The molecule has 1 aliphatic rings. The number of carboxylic acids is 1. The number of thiol groups is 1. The lowest BCUT2D eigenvalue weighted by molar-refractivity contribution is -0.138. The molecule has 0 spiro atoms. The molecule has 156 valence electrons. The Morgan fingerprint density at radius 3 is 2.82 bits per heavy atom. The standard InChI is InChI=1S/C19H26F2N2O4S/c1-2-3-6-27-19(26)23-11-16(28)8-15(23)10-22(12-18(24)25)9-13-7-14(20)4-5-17(13)21/h4-5,7,15-16,28H,2-3,6,8-12H2,1H3,(H,24,25). The van der Waals surface area contributed by atoms with Gasteiger partial charge in [-0.3, -0.25) is 9.69 Å². The third-order valence-corrected chi connectivity index (χ3v) is 4.95. The predicted octanol–water partition coefficient (Wildman–Crippen LogP) is 3.16. The zero-order chi connectivity index (χ0) is 20.7. The van der Waals surface area contributed by atoms with Gasteiger partial charge in [0.25, 0.3) is 0 Å². The van der Waals surface area contributed by atoms with Crippen molar-refractivity contribution in [1.29, 1.82) is 0 Å². The highest BCUT2D eigenvalue weighted by molar-refractivity contribution is 7.81. The van der Waals surface area contributed by atoms with Crippen LogP contribution in [0.15, 0.2) is 18.2 Å². The number of carbonyl (C=O) groups is 2. The molecule has 1 amide bonds. The first-order chi connectivity index (χ1) is 13.3. The van der Waals surface area contributed by atoms with Crippen LogP contribution in [0.4, 0.5) is 13.6 Å². The number of hydrogen-bond donors (Lipinski definition) is 2. The average molecular weight is 416 g/mol. The molecule has 2 atom stereocenters. The first-order valence-corrected chi connectivity index (χ1v) is 9.81. The second-order valence-electron chi connectivity index (χ2n) is 6.96. The third-order valence-electron chi connectivity index (χ3n) is 4.58. The van der Waals surface area contributed by atoms with E-state index in [9.17, 15) is 23.5 Å². The molecule has 0 radical (unpaired) electrons. The van der Waals surface area contributed by atoms with Crippen LogP contribution in [0.2, 0.25) is 0 Å². The van der Waals surface area contributed by atoms with Gasteiger partial charge in [-0.05, 0) is 31.0 Å². The summed E-state index contributed by atoms with van der Waals surface area (Å²) in [6, 6.07) is 2.77. The fourth-order valence-electron chi connectivity index (χ4n) is 3.26. The van der Waals surface area contributed by atoms with Crippen LogP contribution in [0.25, 0.3) is 0 Å². The largest absolute Gasteiger partial charge is 0.480 e. The Bertz CT molecular complexity index is 692. The lowest BCUT2D eigenvalue weighted by Gasteiger charge is -2.29. The van der Waals surface area contributed by atoms with Gasteiger partial charge in [0.05, 0.1) is 13.2 Å². The normalized spacial score (nSPS) is 19.2. The van der Waals surface area contributed by atoms with E-state index in [0.29, 0.717) is 19.6 Å². The van der Waals surface area contributed by atoms with Gasteiger partial charge in [0, 0.05) is 36.5 Å².